The molecule has 0 unspecified atom stereocenters. The predicted molar refractivity (Wildman–Crippen MR) is 82.9 cm³/mol. The van der Waals surface area contributed by atoms with Crippen LogP contribution in [0.4, 0.5) is 4.39 Å². The van der Waals surface area contributed by atoms with Gasteiger partial charge >= 0.3 is 0 Å². The number of benzene rings is 2. The first-order valence-corrected chi connectivity index (χ1v) is 7.23. The summed E-state index contributed by atoms with van der Waals surface area (Å²) in [5.41, 5.74) is 7.72. The minimum Gasteiger partial charge on any atom is -0.338 e. The zero-order chi connectivity index (χ0) is 16.4. The van der Waals surface area contributed by atoms with E-state index in [1.807, 2.05) is 31.2 Å². The van der Waals surface area contributed by atoms with Crippen molar-refractivity contribution in [1.82, 2.24) is 16.2 Å². The molecule has 1 aliphatic rings. The van der Waals surface area contributed by atoms with E-state index in [0.29, 0.717) is 5.56 Å². The molecule has 0 aromatic heterocycles. The zero-order valence-electron chi connectivity index (χ0n) is 12.5. The second kappa shape index (κ2) is 6.18. The summed E-state index contributed by atoms with van der Waals surface area (Å²) in [5, 5.41) is 2.69. The number of hydrogen-bond donors (Lipinski definition) is 3. The third kappa shape index (κ3) is 3.22. The Bertz CT molecular complexity index is 729. The molecule has 0 aliphatic carbocycles. The maximum Gasteiger partial charge on any atom is 0.258 e. The lowest BCUT2D eigenvalue weighted by Gasteiger charge is -2.18. The summed E-state index contributed by atoms with van der Waals surface area (Å²) in [6.45, 7) is 1.98. The number of nitrogens with one attached hydrogen (secondary N) is 3. The van der Waals surface area contributed by atoms with Gasteiger partial charge in [-0.05, 0) is 36.8 Å². The molecule has 0 radical (unpaired) electrons. The average molecular weight is 313 g/mol. The number of halogens is 1. The van der Waals surface area contributed by atoms with Crippen LogP contribution < -0.4 is 16.2 Å². The van der Waals surface area contributed by atoms with Crippen molar-refractivity contribution in [3.8, 4) is 0 Å². The normalized spacial score (nSPS) is 20.2. The fourth-order valence-electron chi connectivity index (χ4n) is 2.49. The summed E-state index contributed by atoms with van der Waals surface area (Å²) in [6, 6.07) is 11.8. The van der Waals surface area contributed by atoms with E-state index in [1.54, 1.807) is 0 Å². The van der Waals surface area contributed by atoms with Gasteiger partial charge in [-0.25, -0.2) is 9.82 Å². The van der Waals surface area contributed by atoms with E-state index in [-0.39, 0.29) is 11.9 Å². The van der Waals surface area contributed by atoms with Crippen LogP contribution >= 0.6 is 0 Å². The average Bonchev–Trinajstić information content (AvgIpc) is 2.90. The number of amides is 2. The molecule has 1 heterocycles. The monoisotopic (exact) mass is 313 g/mol. The molecule has 2 amide bonds. The van der Waals surface area contributed by atoms with E-state index in [4.69, 9.17) is 0 Å². The van der Waals surface area contributed by atoms with Crippen LogP contribution in [0.25, 0.3) is 0 Å². The second-order valence-electron chi connectivity index (χ2n) is 5.48. The third-order valence-corrected chi connectivity index (χ3v) is 3.80. The largest absolute Gasteiger partial charge is 0.338 e. The Morgan fingerprint density at radius 3 is 2.39 bits per heavy atom. The summed E-state index contributed by atoms with van der Waals surface area (Å²) in [7, 11) is 0. The van der Waals surface area contributed by atoms with Gasteiger partial charge in [0.2, 0.25) is 0 Å². The Morgan fingerprint density at radius 1 is 1.09 bits per heavy atom. The molecule has 0 spiro atoms. The van der Waals surface area contributed by atoms with Crippen LogP contribution in [0.1, 0.15) is 27.5 Å². The maximum atomic E-state index is 12.9. The SMILES string of the molecule is Cc1ccc([C@@H]2NNC(=O)[C@H]2NC(=O)c2ccc(F)cc2)cc1. The van der Waals surface area contributed by atoms with Gasteiger partial charge in [-0.1, -0.05) is 29.8 Å². The van der Waals surface area contributed by atoms with Crippen molar-refractivity contribution in [2.45, 2.75) is 19.0 Å². The summed E-state index contributed by atoms with van der Waals surface area (Å²) < 4.78 is 12.9. The summed E-state index contributed by atoms with van der Waals surface area (Å²) in [5.74, 6) is -1.16. The first kappa shape index (κ1) is 15.2. The van der Waals surface area contributed by atoms with E-state index in [0.717, 1.165) is 11.1 Å². The van der Waals surface area contributed by atoms with E-state index >= 15 is 0 Å². The Kier molecular flexibility index (Phi) is 4.08. The Labute approximate surface area is 132 Å². The smallest absolute Gasteiger partial charge is 0.258 e. The predicted octanol–water partition coefficient (Wildman–Crippen LogP) is 1.61. The van der Waals surface area contributed by atoms with Crippen molar-refractivity contribution in [3.63, 3.8) is 0 Å². The minimum atomic E-state index is -0.741. The molecule has 0 saturated carbocycles. The van der Waals surface area contributed by atoms with Crippen LogP contribution in [0.15, 0.2) is 48.5 Å². The molecule has 2 atom stereocenters. The van der Waals surface area contributed by atoms with Crippen LogP contribution in [0, 0.1) is 12.7 Å². The molecular weight excluding hydrogens is 297 g/mol. The van der Waals surface area contributed by atoms with Gasteiger partial charge in [0.15, 0.2) is 0 Å². The molecule has 118 valence electrons. The number of rotatable bonds is 3. The van der Waals surface area contributed by atoms with Crippen LogP contribution in [-0.2, 0) is 4.79 Å². The zero-order valence-corrected chi connectivity index (χ0v) is 12.5. The van der Waals surface area contributed by atoms with Crippen LogP contribution in [0.3, 0.4) is 0 Å². The summed E-state index contributed by atoms with van der Waals surface area (Å²) in [4.78, 5) is 24.2. The Balaban J connectivity index is 1.78. The van der Waals surface area contributed by atoms with Gasteiger partial charge < -0.3 is 5.32 Å². The lowest BCUT2D eigenvalue weighted by molar-refractivity contribution is -0.121. The molecule has 6 heteroatoms. The van der Waals surface area contributed by atoms with Crippen molar-refractivity contribution in [3.05, 3.63) is 71.0 Å². The highest BCUT2D eigenvalue weighted by Crippen LogP contribution is 2.21. The lowest BCUT2D eigenvalue weighted by Crippen LogP contribution is -2.42. The van der Waals surface area contributed by atoms with Crippen LogP contribution in [0.2, 0.25) is 0 Å². The number of carbonyl (C=O) groups excluding carboxylic acids is 2. The molecule has 2 aromatic rings. The highest BCUT2D eigenvalue weighted by atomic mass is 19.1. The molecule has 0 bridgehead atoms. The fourth-order valence-corrected chi connectivity index (χ4v) is 2.49. The van der Waals surface area contributed by atoms with E-state index < -0.39 is 17.8 Å². The lowest BCUT2D eigenvalue weighted by atomic mass is 9.99. The summed E-state index contributed by atoms with van der Waals surface area (Å²) >= 11 is 0. The van der Waals surface area contributed by atoms with Crippen molar-refractivity contribution in [2.24, 2.45) is 0 Å². The van der Waals surface area contributed by atoms with Gasteiger partial charge in [0.25, 0.3) is 11.8 Å². The molecule has 23 heavy (non-hydrogen) atoms. The topological polar surface area (TPSA) is 70.2 Å². The van der Waals surface area contributed by atoms with Crippen molar-refractivity contribution in [1.29, 1.82) is 0 Å². The maximum absolute atomic E-state index is 12.9. The van der Waals surface area contributed by atoms with Crippen molar-refractivity contribution < 1.29 is 14.0 Å². The highest BCUT2D eigenvalue weighted by Gasteiger charge is 2.36. The van der Waals surface area contributed by atoms with Crippen LogP contribution in [0.5, 0.6) is 0 Å². The number of hydrazine groups is 1. The Hall–Kier alpha value is -2.73. The number of hydrogen-bond acceptors (Lipinski definition) is 3. The standard InChI is InChI=1S/C17H16FN3O2/c1-10-2-4-11(5-3-10)14-15(17(23)21-20-14)19-16(22)12-6-8-13(18)9-7-12/h2-9,14-15,20H,1H3,(H,19,22)(H,21,23)/t14-,15-/m0/s1. The molecule has 1 aliphatic heterocycles. The van der Waals surface area contributed by atoms with Gasteiger partial charge in [-0.15, -0.1) is 0 Å². The molecule has 5 nitrogen and oxygen atoms in total. The van der Waals surface area contributed by atoms with Crippen LogP contribution in [-0.4, -0.2) is 17.9 Å². The molecule has 3 N–H and O–H groups in total. The first-order chi connectivity index (χ1) is 11.0. The van der Waals surface area contributed by atoms with Gasteiger partial charge in [-0.3, -0.25) is 15.0 Å². The van der Waals surface area contributed by atoms with Gasteiger partial charge in [0.05, 0.1) is 6.04 Å². The van der Waals surface area contributed by atoms with E-state index in [9.17, 15) is 14.0 Å². The Morgan fingerprint density at radius 2 is 1.74 bits per heavy atom. The van der Waals surface area contributed by atoms with E-state index in [1.165, 1.54) is 24.3 Å². The minimum absolute atomic E-state index is 0.300. The fraction of sp³-hybridized carbons (Fsp3) is 0.176. The molecule has 3 rings (SSSR count). The van der Waals surface area contributed by atoms with Gasteiger partial charge in [0.1, 0.15) is 11.9 Å². The van der Waals surface area contributed by atoms with E-state index in [2.05, 4.69) is 16.2 Å². The van der Waals surface area contributed by atoms with Gasteiger partial charge in [-0.2, -0.15) is 0 Å². The molecule has 1 saturated heterocycles. The highest BCUT2D eigenvalue weighted by molar-refractivity contribution is 5.98. The second-order valence-corrected chi connectivity index (χ2v) is 5.48. The van der Waals surface area contributed by atoms with Crippen molar-refractivity contribution >= 4 is 11.8 Å². The van der Waals surface area contributed by atoms with Crippen molar-refractivity contribution in [2.75, 3.05) is 0 Å². The molecular formula is C17H16FN3O2. The molecule has 1 fully saturated rings. The molecule has 2 aromatic carbocycles. The van der Waals surface area contributed by atoms with Gasteiger partial charge in [0, 0.05) is 5.56 Å². The first-order valence-electron chi connectivity index (χ1n) is 7.23. The quantitative estimate of drug-likeness (QED) is 0.806. The number of aryl methyl sites for hydroxylation is 1. The third-order valence-electron chi connectivity index (χ3n) is 3.80. The summed E-state index contributed by atoms with van der Waals surface area (Å²) in [6.07, 6.45) is 0. The number of carbonyl (C=O) groups is 2.